The third-order valence-corrected chi connectivity index (χ3v) is 5.83. The van der Waals surface area contributed by atoms with E-state index < -0.39 is 15.9 Å². The number of sulfonamides is 1. The van der Waals surface area contributed by atoms with Crippen molar-refractivity contribution in [1.82, 2.24) is 10.3 Å². The Morgan fingerprint density at radius 1 is 1.35 bits per heavy atom. The van der Waals surface area contributed by atoms with Crippen LogP contribution in [0.2, 0.25) is 0 Å². The number of nitrogens with zero attached hydrogens (tertiary/aromatic N) is 2. The second-order valence-electron chi connectivity index (χ2n) is 5.95. The van der Waals surface area contributed by atoms with E-state index in [4.69, 9.17) is 5.14 Å². The van der Waals surface area contributed by atoms with Gasteiger partial charge in [-0.25, -0.2) is 18.5 Å². The largest absolute Gasteiger partial charge is 0.355 e. The summed E-state index contributed by atoms with van der Waals surface area (Å²) in [5.74, 6) is -0.659. The number of carbonyl (C=O) groups is 2. The van der Waals surface area contributed by atoms with Crippen LogP contribution in [0.25, 0.3) is 0 Å². The quantitative estimate of drug-likeness (QED) is 0.739. The van der Waals surface area contributed by atoms with Crippen molar-refractivity contribution in [2.75, 3.05) is 18.0 Å². The Balaban J connectivity index is 1.49. The van der Waals surface area contributed by atoms with E-state index in [1.54, 1.807) is 28.6 Å². The highest BCUT2D eigenvalue weighted by Gasteiger charge is 2.35. The number of benzene rings is 1. The van der Waals surface area contributed by atoms with Gasteiger partial charge in [-0.2, -0.15) is 0 Å². The van der Waals surface area contributed by atoms with Crippen molar-refractivity contribution in [2.24, 2.45) is 11.1 Å². The highest BCUT2D eigenvalue weighted by molar-refractivity contribution is 7.89. The third-order valence-electron chi connectivity index (χ3n) is 4.11. The fraction of sp³-hybridized carbons (Fsp3) is 0.312. The maximum Gasteiger partial charge on any atom is 0.238 e. The molecular formula is C16H18N4O4S2. The SMILES string of the molecule is NS(=O)(=O)c1ccc(CCNC(=O)C2CC(=O)N(c3nccs3)C2)cc1. The number of rotatable bonds is 6. The zero-order valence-corrected chi connectivity index (χ0v) is 15.4. The smallest absolute Gasteiger partial charge is 0.238 e. The van der Waals surface area contributed by atoms with Crippen molar-refractivity contribution in [3.05, 3.63) is 41.4 Å². The molecule has 2 amide bonds. The lowest BCUT2D eigenvalue weighted by Crippen LogP contribution is -2.34. The third kappa shape index (κ3) is 4.26. The van der Waals surface area contributed by atoms with Gasteiger partial charge in [-0.3, -0.25) is 14.5 Å². The summed E-state index contributed by atoms with van der Waals surface area (Å²) in [5, 5.41) is 10.3. The minimum atomic E-state index is -3.70. The normalized spacial score (nSPS) is 17.5. The molecule has 3 rings (SSSR count). The second-order valence-corrected chi connectivity index (χ2v) is 8.38. The predicted octanol–water partition coefficient (Wildman–Crippen LogP) is 0.502. The number of hydrogen-bond donors (Lipinski definition) is 2. The monoisotopic (exact) mass is 394 g/mol. The van der Waals surface area contributed by atoms with Crippen molar-refractivity contribution in [2.45, 2.75) is 17.7 Å². The lowest BCUT2D eigenvalue weighted by atomic mass is 10.1. The molecule has 3 N–H and O–H groups in total. The van der Waals surface area contributed by atoms with Crippen LogP contribution in [0.15, 0.2) is 40.7 Å². The summed E-state index contributed by atoms with van der Waals surface area (Å²) in [4.78, 5) is 30.0. The molecule has 1 aromatic heterocycles. The Kier molecular flexibility index (Phi) is 5.35. The van der Waals surface area contributed by atoms with Gasteiger partial charge in [-0.15, -0.1) is 11.3 Å². The van der Waals surface area contributed by atoms with Gasteiger partial charge in [0, 0.05) is 31.1 Å². The van der Waals surface area contributed by atoms with Crippen molar-refractivity contribution in [3.8, 4) is 0 Å². The first kappa shape index (κ1) is 18.5. The molecule has 0 saturated carbocycles. The summed E-state index contributed by atoms with van der Waals surface area (Å²) in [7, 11) is -3.70. The van der Waals surface area contributed by atoms with Gasteiger partial charge >= 0.3 is 0 Å². The molecule has 26 heavy (non-hydrogen) atoms. The van der Waals surface area contributed by atoms with Crippen LogP contribution >= 0.6 is 11.3 Å². The lowest BCUT2D eigenvalue weighted by Gasteiger charge is -2.13. The molecule has 0 bridgehead atoms. The van der Waals surface area contributed by atoms with E-state index in [-0.39, 0.29) is 23.1 Å². The van der Waals surface area contributed by atoms with E-state index in [2.05, 4.69) is 10.3 Å². The van der Waals surface area contributed by atoms with Crippen LogP contribution in [-0.2, 0) is 26.0 Å². The summed E-state index contributed by atoms with van der Waals surface area (Å²) in [6.07, 6.45) is 2.35. The van der Waals surface area contributed by atoms with E-state index in [9.17, 15) is 18.0 Å². The van der Waals surface area contributed by atoms with Crippen molar-refractivity contribution in [3.63, 3.8) is 0 Å². The van der Waals surface area contributed by atoms with Crippen LogP contribution in [0.5, 0.6) is 0 Å². The van der Waals surface area contributed by atoms with Gasteiger partial charge in [-0.1, -0.05) is 12.1 Å². The summed E-state index contributed by atoms with van der Waals surface area (Å²) >= 11 is 1.37. The van der Waals surface area contributed by atoms with Crippen molar-refractivity contribution in [1.29, 1.82) is 0 Å². The van der Waals surface area contributed by atoms with Gasteiger partial charge in [0.05, 0.1) is 10.8 Å². The minimum Gasteiger partial charge on any atom is -0.355 e. The fourth-order valence-electron chi connectivity index (χ4n) is 2.74. The Bertz CT molecular complexity index is 895. The first-order chi connectivity index (χ1) is 12.3. The lowest BCUT2D eigenvalue weighted by molar-refractivity contribution is -0.126. The molecule has 1 aromatic carbocycles. The Morgan fingerprint density at radius 2 is 2.08 bits per heavy atom. The van der Waals surface area contributed by atoms with Gasteiger partial charge in [0.15, 0.2) is 5.13 Å². The number of thiazole rings is 1. The Labute approximate surface area is 155 Å². The van der Waals surface area contributed by atoms with Gasteiger partial charge in [0.1, 0.15) is 0 Å². The van der Waals surface area contributed by atoms with Gasteiger partial charge in [0.25, 0.3) is 0 Å². The molecule has 0 aliphatic carbocycles. The van der Waals surface area contributed by atoms with Crippen LogP contribution < -0.4 is 15.4 Å². The number of anilines is 1. The molecule has 1 aliphatic heterocycles. The molecule has 2 heterocycles. The van der Waals surface area contributed by atoms with Gasteiger partial charge < -0.3 is 5.32 Å². The maximum absolute atomic E-state index is 12.3. The molecule has 1 aliphatic rings. The Morgan fingerprint density at radius 3 is 2.69 bits per heavy atom. The highest BCUT2D eigenvalue weighted by Crippen LogP contribution is 2.26. The first-order valence-corrected chi connectivity index (χ1v) is 10.4. The van der Waals surface area contributed by atoms with Gasteiger partial charge in [0.2, 0.25) is 21.8 Å². The number of primary sulfonamides is 1. The molecule has 8 nitrogen and oxygen atoms in total. The van der Waals surface area contributed by atoms with Crippen LogP contribution in [0.4, 0.5) is 5.13 Å². The Hall–Kier alpha value is -2.30. The summed E-state index contributed by atoms with van der Waals surface area (Å²) in [6, 6.07) is 6.20. The van der Waals surface area contributed by atoms with Crippen LogP contribution in [-0.4, -0.2) is 38.3 Å². The minimum absolute atomic E-state index is 0.0528. The molecule has 1 fully saturated rings. The maximum atomic E-state index is 12.3. The molecule has 1 saturated heterocycles. The molecule has 2 aromatic rings. The molecule has 138 valence electrons. The molecule has 10 heteroatoms. The van der Waals surface area contributed by atoms with E-state index in [1.807, 2.05) is 0 Å². The van der Waals surface area contributed by atoms with Crippen LogP contribution in [0, 0.1) is 5.92 Å². The topological polar surface area (TPSA) is 122 Å². The fourth-order valence-corrected chi connectivity index (χ4v) is 3.92. The first-order valence-electron chi connectivity index (χ1n) is 7.94. The average molecular weight is 394 g/mol. The van der Waals surface area contributed by atoms with E-state index in [0.717, 1.165) is 5.56 Å². The number of nitrogens with two attached hydrogens (primary N) is 1. The van der Waals surface area contributed by atoms with E-state index in [0.29, 0.717) is 24.6 Å². The second kappa shape index (κ2) is 7.52. The molecular weight excluding hydrogens is 376 g/mol. The summed E-state index contributed by atoms with van der Waals surface area (Å²) in [6.45, 7) is 0.733. The average Bonchev–Trinajstić information content (AvgIpc) is 3.23. The predicted molar refractivity (Wildman–Crippen MR) is 97.1 cm³/mol. The number of nitrogens with one attached hydrogen (secondary N) is 1. The zero-order chi connectivity index (χ0) is 18.7. The van der Waals surface area contributed by atoms with Crippen molar-refractivity contribution < 1.29 is 18.0 Å². The van der Waals surface area contributed by atoms with Crippen LogP contribution in [0.3, 0.4) is 0 Å². The zero-order valence-electron chi connectivity index (χ0n) is 13.8. The number of hydrogen-bond acceptors (Lipinski definition) is 6. The number of carbonyl (C=O) groups excluding carboxylic acids is 2. The molecule has 1 unspecified atom stereocenters. The standard InChI is InChI=1S/C16H18N4O4S2/c17-26(23,24)13-3-1-11(2-4-13)5-6-18-15(22)12-9-14(21)20(10-12)16-19-7-8-25-16/h1-4,7-8,12H,5-6,9-10H2,(H,18,22)(H2,17,23,24). The summed E-state index contributed by atoms with van der Waals surface area (Å²) < 4.78 is 22.4. The molecule has 1 atom stereocenters. The summed E-state index contributed by atoms with van der Waals surface area (Å²) in [5.41, 5.74) is 0.879. The molecule has 0 radical (unpaired) electrons. The molecule has 0 spiro atoms. The van der Waals surface area contributed by atoms with Gasteiger partial charge in [-0.05, 0) is 24.1 Å². The number of amides is 2. The van der Waals surface area contributed by atoms with Crippen LogP contribution in [0.1, 0.15) is 12.0 Å². The van der Waals surface area contributed by atoms with Crippen molar-refractivity contribution >= 4 is 38.3 Å². The number of aromatic nitrogens is 1. The van der Waals surface area contributed by atoms with E-state index >= 15 is 0 Å². The van der Waals surface area contributed by atoms with E-state index in [1.165, 1.54) is 23.5 Å². The highest BCUT2D eigenvalue weighted by atomic mass is 32.2.